The molecular formula is C19H23Cl2N3O4. The normalized spacial score (nSPS) is 16.1. The maximum Gasteiger partial charge on any atom is 0.325 e. The van der Waals surface area contributed by atoms with Crippen molar-refractivity contribution in [1.29, 1.82) is 0 Å². The summed E-state index contributed by atoms with van der Waals surface area (Å²) in [7, 11) is 1.74. The van der Waals surface area contributed by atoms with Crippen molar-refractivity contribution >= 4 is 52.7 Å². The van der Waals surface area contributed by atoms with Crippen LogP contribution in [0.5, 0.6) is 0 Å². The van der Waals surface area contributed by atoms with Crippen LogP contribution in [-0.4, -0.2) is 54.0 Å². The van der Waals surface area contributed by atoms with E-state index in [4.69, 9.17) is 28.3 Å². The molecule has 1 saturated heterocycles. The van der Waals surface area contributed by atoms with Crippen LogP contribution in [0.4, 0.5) is 5.69 Å². The van der Waals surface area contributed by atoms with Crippen molar-refractivity contribution in [1.82, 2.24) is 10.2 Å². The molecule has 1 aliphatic heterocycles. The monoisotopic (exact) mass is 427 g/mol. The third kappa shape index (κ3) is 5.39. The lowest BCUT2D eigenvalue weighted by Gasteiger charge is -2.31. The Morgan fingerprint density at radius 1 is 1.21 bits per heavy atom. The minimum absolute atomic E-state index is 0.178. The molecule has 0 spiro atoms. The minimum atomic E-state index is -1.08. The van der Waals surface area contributed by atoms with E-state index in [9.17, 15) is 14.4 Å². The van der Waals surface area contributed by atoms with E-state index >= 15 is 0 Å². The number of hydrogen-bond donors (Lipinski definition) is 3. The zero-order valence-corrected chi connectivity index (χ0v) is 17.2. The molecule has 0 saturated carbocycles. The Hall–Kier alpha value is -2.25. The summed E-state index contributed by atoms with van der Waals surface area (Å²) < 4.78 is 0. The van der Waals surface area contributed by atoms with E-state index in [1.165, 1.54) is 13.0 Å². The predicted molar refractivity (Wildman–Crippen MR) is 110 cm³/mol. The van der Waals surface area contributed by atoms with Gasteiger partial charge in [-0.25, -0.2) is 0 Å². The molecular weight excluding hydrogens is 405 g/mol. The molecule has 1 aromatic carbocycles. The molecule has 2 rings (SSSR count). The van der Waals surface area contributed by atoms with Gasteiger partial charge in [0.05, 0.1) is 15.7 Å². The number of aliphatic carboxylic acids is 1. The Kier molecular flexibility index (Phi) is 7.71. The zero-order chi connectivity index (χ0) is 20.8. The Morgan fingerprint density at radius 2 is 1.86 bits per heavy atom. The van der Waals surface area contributed by atoms with E-state index in [-0.39, 0.29) is 17.7 Å². The van der Waals surface area contributed by atoms with Crippen molar-refractivity contribution in [3.8, 4) is 0 Å². The number of benzene rings is 1. The number of nitrogens with zero attached hydrogens (tertiary/aromatic N) is 1. The number of carbonyl (C=O) groups excluding carboxylic acids is 2. The van der Waals surface area contributed by atoms with Crippen molar-refractivity contribution in [2.75, 3.05) is 25.5 Å². The first-order chi connectivity index (χ1) is 13.2. The van der Waals surface area contributed by atoms with Gasteiger partial charge in [0.2, 0.25) is 11.8 Å². The molecule has 2 amide bonds. The van der Waals surface area contributed by atoms with Crippen LogP contribution in [0.15, 0.2) is 18.2 Å². The molecule has 28 heavy (non-hydrogen) atoms. The largest absolute Gasteiger partial charge is 0.480 e. The van der Waals surface area contributed by atoms with E-state index in [0.29, 0.717) is 47.2 Å². The fourth-order valence-electron chi connectivity index (χ4n) is 2.91. The van der Waals surface area contributed by atoms with E-state index < -0.39 is 12.0 Å². The first kappa shape index (κ1) is 22.0. The lowest BCUT2D eigenvalue weighted by Crippen LogP contribution is -2.46. The molecule has 1 unspecified atom stereocenters. The number of halogens is 2. The van der Waals surface area contributed by atoms with Crippen LogP contribution in [-0.2, 0) is 14.4 Å². The summed E-state index contributed by atoms with van der Waals surface area (Å²) in [6, 6.07) is 2.62. The van der Waals surface area contributed by atoms with Crippen LogP contribution in [0.3, 0.4) is 0 Å². The highest BCUT2D eigenvalue weighted by Crippen LogP contribution is 2.33. The number of carboxylic acids is 1. The summed E-state index contributed by atoms with van der Waals surface area (Å²) in [6.45, 7) is 2.27. The molecule has 1 aliphatic rings. The van der Waals surface area contributed by atoms with Crippen LogP contribution >= 0.6 is 23.2 Å². The molecule has 1 aromatic rings. The number of piperidine rings is 1. The van der Waals surface area contributed by atoms with Gasteiger partial charge in [-0.1, -0.05) is 29.3 Å². The zero-order valence-electron chi connectivity index (χ0n) is 15.7. The lowest BCUT2D eigenvalue weighted by molar-refractivity contribution is -0.142. The fraction of sp³-hybridized carbons (Fsp3) is 0.421. The highest BCUT2D eigenvalue weighted by molar-refractivity contribution is 6.44. The van der Waals surface area contributed by atoms with Crippen molar-refractivity contribution in [3.63, 3.8) is 0 Å². The van der Waals surface area contributed by atoms with Gasteiger partial charge in [-0.15, -0.1) is 0 Å². The summed E-state index contributed by atoms with van der Waals surface area (Å²) in [4.78, 5) is 37.0. The number of amides is 2. The lowest BCUT2D eigenvalue weighted by atomic mass is 9.95. The van der Waals surface area contributed by atoms with E-state index in [2.05, 4.69) is 10.6 Å². The Balaban J connectivity index is 1.92. The first-order valence-corrected chi connectivity index (χ1v) is 9.66. The maximum atomic E-state index is 12.4. The molecule has 1 heterocycles. The van der Waals surface area contributed by atoms with Crippen LogP contribution < -0.4 is 10.6 Å². The second-order valence-corrected chi connectivity index (χ2v) is 7.34. The first-order valence-electron chi connectivity index (χ1n) is 8.90. The average Bonchev–Trinajstić information content (AvgIpc) is 2.68. The molecule has 3 N–H and O–H groups in total. The molecule has 9 heteroatoms. The van der Waals surface area contributed by atoms with Crippen molar-refractivity contribution in [3.05, 3.63) is 33.8 Å². The molecule has 1 fully saturated rings. The van der Waals surface area contributed by atoms with Gasteiger partial charge in [0, 0.05) is 32.1 Å². The number of carboxylic acid groups (broad SMARTS) is 1. The number of likely N-dealkylation sites (tertiary alicyclic amines) is 1. The topological polar surface area (TPSA) is 98.7 Å². The summed E-state index contributed by atoms with van der Waals surface area (Å²) in [5, 5.41) is 15.0. The number of nitrogens with one attached hydrogen (secondary N) is 2. The fourth-order valence-corrected chi connectivity index (χ4v) is 3.40. The molecule has 0 radical (unpaired) electrons. The van der Waals surface area contributed by atoms with Crippen LogP contribution in [0.2, 0.25) is 10.0 Å². The van der Waals surface area contributed by atoms with Crippen molar-refractivity contribution < 1.29 is 19.5 Å². The molecule has 7 nitrogen and oxygen atoms in total. The number of rotatable bonds is 6. The van der Waals surface area contributed by atoms with Gasteiger partial charge in [0.25, 0.3) is 0 Å². The highest BCUT2D eigenvalue weighted by Gasteiger charge is 2.28. The maximum absolute atomic E-state index is 12.4. The molecule has 0 aliphatic carbocycles. The average molecular weight is 428 g/mol. The second kappa shape index (κ2) is 9.80. The molecule has 0 bridgehead atoms. The standard InChI is InChI=1S/C19H23Cl2N3O4/c1-11(19(27)28)23-18(26)13-7-9-24(10-8-13)15(25)6-4-12-3-5-14(22-2)17(21)16(12)20/h3-6,11,13,22H,7-10H2,1-2H3,(H,23,26)(H,27,28). The van der Waals surface area contributed by atoms with E-state index in [1.807, 2.05) is 0 Å². The number of anilines is 1. The van der Waals surface area contributed by atoms with Gasteiger partial charge >= 0.3 is 5.97 Å². The molecule has 152 valence electrons. The molecule has 1 atom stereocenters. The smallest absolute Gasteiger partial charge is 0.325 e. The SMILES string of the molecule is CNc1ccc(C=CC(=O)N2CCC(C(=O)NC(C)C(=O)O)CC2)c(Cl)c1Cl. The quantitative estimate of drug-likeness (QED) is 0.606. The second-order valence-electron chi connectivity index (χ2n) is 6.58. The Bertz CT molecular complexity index is 790. The van der Waals surface area contributed by atoms with Crippen LogP contribution in [0.25, 0.3) is 6.08 Å². The van der Waals surface area contributed by atoms with Gasteiger partial charge in [-0.3, -0.25) is 14.4 Å². The summed E-state index contributed by atoms with van der Waals surface area (Å²) in [6.07, 6.45) is 4.02. The Morgan fingerprint density at radius 3 is 2.43 bits per heavy atom. The predicted octanol–water partition coefficient (Wildman–Crippen LogP) is 2.88. The van der Waals surface area contributed by atoms with Crippen molar-refractivity contribution in [2.45, 2.75) is 25.8 Å². The molecule has 0 aromatic heterocycles. The summed E-state index contributed by atoms with van der Waals surface area (Å²) in [5.74, 6) is -1.84. The minimum Gasteiger partial charge on any atom is -0.480 e. The van der Waals surface area contributed by atoms with E-state index in [0.717, 1.165) is 0 Å². The van der Waals surface area contributed by atoms with Gasteiger partial charge in [0.1, 0.15) is 6.04 Å². The van der Waals surface area contributed by atoms with Crippen molar-refractivity contribution in [2.24, 2.45) is 5.92 Å². The number of carbonyl (C=O) groups is 3. The van der Waals surface area contributed by atoms with E-state index in [1.54, 1.807) is 30.2 Å². The van der Waals surface area contributed by atoms with Gasteiger partial charge in [0.15, 0.2) is 0 Å². The summed E-state index contributed by atoms with van der Waals surface area (Å²) >= 11 is 12.4. The van der Waals surface area contributed by atoms with Crippen LogP contribution in [0, 0.1) is 5.92 Å². The highest BCUT2D eigenvalue weighted by atomic mass is 35.5. The Labute approximate surface area is 173 Å². The summed E-state index contributed by atoms with van der Waals surface area (Å²) in [5.41, 5.74) is 1.34. The van der Waals surface area contributed by atoms with Gasteiger partial charge in [-0.05, 0) is 37.5 Å². The van der Waals surface area contributed by atoms with Gasteiger partial charge in [-0.2, -0.15) is 0 Å². The third-order valence-electron chi connectivity index (χ3n) is 4.69. The van der Waals surface area contributed by atoms with Gasteiger partial charge < -0.3 is 20.6 Å². The third-order valence-corrected chi connectivity index (χ3v) is 5.59. The van der Waals surface area contributed by atoms with Crippen LogP contribution in [0.1, 0.15) is 25.3 Å². The number of hydrogen-bond acceptors (Lipinski definition) is 4.